The smallest absolute Gasteiger partial charge is 0.387 e. The maximum absolute atomic E-state index is 12.3. The Labute approximate surface area is 112 Å². The molecule has 1 unspecified atom stereocenters. The standard InChI is InChI=1S/C12H12F2O6/c13-12(14)20-7-3-1-2-6(4-5-8(15)16)9(7)10(17)11(18)19/h1-3,10,12,17H,4-5H2,(H,15,16)(H,18,19). The van der Waals surface area contributed by atoms with E-state index in [1.54, 1.807) is 0 Å². The molecule has 1 atom stereocenters. The van der Waals surface area contributed by atoms with Gasteiger partial charge in [-0.3, -0.25) is 4.79 Å². The minimum Gasteiger partial charge on any atom is -0.481 e. The Morgan fingerprint density at radius 3 is 2.40 bits per heavy atom. The Kier molecular flexibility index (Phi) is 5.39. The molecule has 1 rings (SSSR count). The molecule has 0 aromatic heterocycles. The minimum absolute atomic E-state index is 0.116. The van der Waals surface area contributed by atoms with E-state index in [9.17, 15) is 23.5 Å². The molecule has 8 heteroatoms. The van der Waals surface area contributed by atoms with Crippen LogP contribution in [0.2, 0.25) is 0 Å². The molecule has 110 valence electrons. The number of alkyl halides is 2. The van der Waals surface area contributed by atoms with Crippen molar-refractivity contribution in [2.45, 2.75) is 25.6 Å². The molecule has 3 N–H and O–H groups in total. The van der Waals surface area contributed by atoms with Crippen molar-refractivity contribution in [1.29, 1.82) is 0 Å². The number of aliphatic hydroxyl groups excluding tert-OH is 1. The van der Waals surface area contributed by atoms with Crippen LogP contribution in [0, 0.1) is 0 Å². The monoisotopic (exact) mass is 290 g/mol. The fourth-order valence-corrected chi connectivity index (χ4v) is 1.68. The summed E-state index contributed by atoms with van der Waals surface area (Å²) in [4.78, 5) is 21.3. The third-order valence-electron chi connectivity index (χ3n) is 2.49. The van der Waals surface area contributed by atoms with Crippen LogP contribution in [-0.2, 0) is 16.0 Å². The maximum atomic E-state index is 12.3. The molecule has 0 radical (unpaired) electrons. The number of aryl methyl sites for hydroxylation is 1. The second kappa shape index (κ2) is 6.80. The third-order valence-corrected chi connectivity index (χ3v) is 2.49. The molecule has 0 heterocycles. The number of hydrogen-bond acceptors (Lipinski definition) is 4. The Morgan fingerprint density at radius 1 is 1.25 bits per heavy atom. The van der Waals surface area contributed by atoms with E-state index in [1.165, 1.54) is 12.1 Å². The molecule has 20 heavy (non-hydrogen) atoms. The number of benzene rings is 1. The van der Waals surface area contributed by atoms with Gasteiger partial charge < -0.3 is 20.1 Å². The molecule has 1 aromatic rings. The van der Waals surface area contributed by atoms with Crippen LogP contribution in [0.3, 0.4) is 0 Å². The zero-order chi connectivity index (χ0) is 15.3. The van der Waals surface area contributed by atoms with E-state index in [4.69, 9.17) is 10.2 Å². The van der Waals surface area contributed by atoms with Crippen LogP contribution in [0.1, 0.15) is 23.7 Å². The lowest BCUT2D eigenvalue weighted by Gasteiger charge is -2.17. The first kappa shape index (κ1) is 15.8. The van der Waals surface area contributed by atoms with Gasteiger partial charge in [-0.15, -0.1) is 0 Å². The van der Waals surface area contributed by atoms with Crippen molar-refractivity contribution in [3.8, 4) is 5.75 Å². The SMILES string of the molecule is O=C(O)CCc1cccc(OC(F)F)c1C(O)C(=O)O. The van der Waals surface area contributed by atoms with Gasteiger partial charge in [0.2, 0.25) is 0 Å². The van der Waals surface area contributed by atoms with Crippen molar-refractivity contribution in [2.24, 2.45) is 0 Å². The molecule has 0 bridgehead atoms. The van der Waals surface area contributed by atoms with Gasteiger partial charge in [0.25, 0.3) is 0 Å². The van der Waals surface area contributed by atoms with Gasteiger partial charge in [0.05, 0.1) is 0 Å². The Morgan fingerprint density at radius 2 is 1.90 bits per heavy atom. The second-order valence-corrected chi connectivity index (χ2v) is 3.84. The molecular formula is C12H12F2O6. The van der Waals surface area contributed by atoms with Gasteiger partial charge in [-0.05, 0) is 18.1 Å². The average Bonchev–Trinajstić information content (AvgIpc) is 2.34. The van der Waals surface area contributed by atoms with E-state index in [2.05, 4.69) is 4.74 Å². The van der Waals surface area contributed by atoms with E-state index >= 15 is 0 Å². The molecule has 0 amide bonds. The fourth-order valence-electron chi connectivity index (χ4n) is 1.68. The molecule has 0 fully saturated rings. The quantitative estimate of drug-likeness (QED) is 0.701. The van der Waals surface area contributed by atoms with Crippen LogP contribution in [0.15, 0.2) is 18.2 Å². The van der Waals surface area contributed by atoms with Gasteiger partial charge in [0.15, 0.2) is 6.10 Å². The van der Waals surface area contributed by atoms with Crippen molar-refractivity contribution < 1.29 is 38.4 Å². The zero-order valence-electron chi connectivity index (χ0n) is 10.1. The van der Waals surface area contributed by atoms with Crippen LogP contribution in [0.25, 0.3) is 0 Å². The lowest BCUT2D eigenvalue weighted by molar-refractivity contribution is -0.147. The second-order valence-electron chi connectivity index (χ2n) is 3.84. The fraction of sp³-hybridized carbons (Fsp3) is 0.333. The molecule has 1 aromatic carbocycles. The Bertz CT molecular complexity index is 503. The number of carboxylic acids is 2. The lowest BCUT2D eigenvalue weighted by atomic mass is 9.97. The highest BCUT2D eigenvalue weighted by atomic mass is 19.3. The van der Waals surface area contributed by atoms with Gasteiger partial charge in [0, 0.05) is 12.0 Å². The summed E-state index contributed by atoms with van der Waals surface area (Å²) < 4.78 is 28.7. The van der Waals surface area contributed by atoms with E-state index in [1.807, 2.05) is 0 Å². The third kappa shape index (κ3) is 4.16. The predicted octanol–water partition coefficient (Wildman–Crippen LogP) is 1.42. The van der Waals surface area contributed by atoms with Crippen molar-refractivity contribution in [3.05, 3.63) is 29.3 Å². The van der Waals surface area contributed by atoms with Crippen LogP contribution in [0.5, 0.6) is 5.75 Å². The minimum atomic E-state index is -3.19. The molecule has 0 aliphatic rings. The summed E-state index contributed by atoms with van der Waals surface area (Å²) in [6.07, 6.45) is -2.53. The largest absolute Gasteiger partial charge is 0.481 e. The Hall–Kier alpha value is -2.22. The van der Waals surface area contributed by atoms with Crippen LogP contribution in [0.4, 0.5) is 8.78 Å². The summed E-state index contributed by atoms with van der Waals surface area (Å²) in [5.74, 6) is -3.27. The maximum Gasteiger partial charge on any atom is 0.387 e. The number of aliphatic carboxylic acids is 2. The summed E-state index contributed by atoms with van der Waals surface area (Å²) in [5, 5.41) is 27.0. The molecule has 6 nitrogen and oxygen atoms in total. The molecule has 0 spiro atoms. The first-order valence-corrected chi connectivity index (χ1v) is 5.52. The number of rotatable bonds is 7. The van der Waals surface area contributed by atoms with E-state index < -0.39 is 30.4 Å². The van der Waals surface area contributed by atoms with Gasteiger partial charge in [-0.1, -0.05) is 12.1 Å². The number of carbonyl (C=O) groups is 2. The topological polar surface area (TPSA) is 104 Å². The molecule has 0 saturated heterocycles. The predicted molar refractivity (Wildman–Crippen MR) is 61.6 cm³/mol. The normalized spacial score (nSPS) is 12.2. The summed E-state index contributed by atoms with van der Waals surface area (Å²) in [5.41, 5.74) is -0.234. The highest BCUT2D eigenvalue weighted by molar-refractivity contribution is 5.76. The van der Waals surface area contributed by atoms with Crippen molar-refractivity contribution >= 4 is 11.9 Å². The molecular weight excluding hydrogens is 278 g/mol. The van der Waals surface area contributed by atoms with Gasteiger partial charge in [-0.2, -0.15) is 8.78 Å². The van der Waals surface area contributed by atoms with E-state index in [0.717, 1.165) is 6.07 Å². The summed E-state index contributed by atoms with van der Waals surface area (Å²) >= 11 is 0. The average molecular weight is 290 g/mol. The highest BCUT2D eigenvalue weighted by Gasteiger charge is 2.25. The zero-order valence-corrected chi connectivity index (χ0v) is 10.1. The van der Waals surface area contributed by atoms with Gasteiger partial charge >= 0.3 is 18.6 Å². The van der Waals surface area contributed by atoms with E-state index in [0.29, 0.717) is 0 Å². The summed E-state index contributed by atoms with van der Waals surface area (Å²) in [6.45, 7) is -3.19. The first-order chi connectivity index (χ1) is 9.32. The van der Waals surface area contributed by atoms with Crippen LogP contribution >= 0.6 is 0 Å². The molecule has 0 aliphatic carbocycles. The van der Waals surface area contributed by atoms with Crippen molar-refractivity contribution in [2.75, 3.05) is 0 Å². The number of aliphatic hydroxyl groups is 1. The summed E-state index contributed by atoms with van der Waals surface area (Å²) in [6, 6.07) is 3.74. The lowest BCUT2D eigenvalue weighted by Crippen LogP contribution is -2.16. The first-order valence-electron chi connectivity index (χ1n) is 5.52. The number of ether oxygens (including phenoxy) is 1. The van der Waals surface area contributed by atoms with Crippen LogP contribution < -0.4 is 4.74 Å². The highest BCUT2D eigenvalue weighted by Crippen LogP contribution is 2.31. The number of hydrogen-bond donors (Lipinski definition) is 3. The molecule has 0 saturated carbocycles. The van der Waals surface area contributed by atoms with Gasteiger partial charge in [-0.25, -0.2) is 4.79 Å². The van der Waals surface area contributed by atoms with Crippen LogP contribution in [-0.4, -0.2) is 33.9 Å². The summed E-state index contributed by atoms with van der Waals surface area (Å²) in [7, 11) is 0. The number of halogens is 2. The Balaban J connectivity index is 3.20. The van der Waals surface area contributed by atoms with Gasteiger partial charge in [0.1, 0.15) is 5.75 Å². The van der Waals surface area contributed by atoms with E-state index in [-0.39, 0.29) is 24.0 Å². The molecule has 0 aliphatic heterocycles. The number of carboxylic acid groups (broad SMARTS) is 2. The van der Waals surface area contributed by atoms with Crippen molar-refractivity contribution in [1.82, 2.24) is 0 Å². The van der Waals surface area contributed by atoms with Crippen molar-refractivity contribution in [3.63, 3.8) is 0 Å².